The second-order valence-corrected chi connectivity index (χ2v) is 28.3. The highest BCUT2D eigenvalue weighted by molar-refractivity contribution is 7.26. The maximum atomic E-state index is 7.13. The molecule has 6 heteroatoms. The Morgan fingerprint density at radius 2 is 1.06 bits per heavy atom. The van der Waals surface area contributed by atoms with E-state index < -0.39 is 0 Å². The average Bonchev–Trinajstić information content (AvgIpc) is 3.94. The molecule has 5 heterocycles. The quantitative estimate of drug-likeness (QED) is 0.164. The van der Waals surface area contributed by atoms with Crippen molar-refractivity contribution in [3.05, 3.63) is 198 Å². The van der Waals surface area contributed by atoms with E-state index in [2.05, 4.69) is 267 Å². The Morgan fingerprint density at radius 3 is 1.80 bits per heavy atom. The van der Waals surface area contributed by atoms with Gasteiger partial charge in [0, 0.05) is 70.7 Å². The average molecular weight is 1060 g/mol. The van der Waals surface area contributed by atoms with Crippen molar-refractivity contribution >= 4 is 122 Å². The van der Waals surface area contributed by atoms with Gasteiger partial charge in [-0.3, -0.25) is 0 Å². The molecule has 396 valence electrons. The molecule has 80 heavy (non-hydrogen) atoms. The fourth-order valence-corrected chi connectivity index (χ4v) is 16.0. The smallest absolute Gasteiger partial charge is 0.252 e. The Balaban J connectivity index is 1.12. The van der Waals surface area contributed by atoms with Crippen LogP contribution in [-0.4, -0.2) is 12.3 Å². The van der Waals surface area contributed by atoms with Gasteiger partial charge >= 0.3 is 0 Å². The lowest BCUT2D eigenvalue weighted by Gasteiger charge is -2.51. The van der Waals surface area contributed by atoms with E-state index in [-0.39, 0.29) is 33.9 Å². The van der Waals surface area contributed by atoms with Crippen molar-refractivity contribution in [1.82, 2.24) is 0 Å². The van der Waals surface area contributed by atoms with Crippen LogP contribution in [0, 0.1) is 0 Å². The third kappa shape index (κ3) is 7.06. The lowest BCUT2D eigenvalue weighted by atomic mass is 9.33. The van der Waals surface area contributed by atoms with Gasteiger partial charge in [-0.25, -0.2) is 0 Å². The summed E-state index contributed by atoms with van der Waals surface area (Å²) in [5.41, 5.74) is 22.8. The largest absolute Gasteiger partial charge is 0.454 e. The summed E-state index contributed by atoms with van der Waals surface area (Å²) in [4.78, 5) is 8.13. The zero-order valence-electron chi connectivity index (χ0n) is 48.3. The van der Waals surface area contributed by atoms with Crippen LogP contribution in [0.15, 0.2) is 180 Å². The zero-order chi connectivity index (χ0) is 55.0. The van der Waals surface area contributed by atoms with Crippen molar-refractivity contribution in [2.75, 3.05) is 14.7 Å². The summed E-state index contributed by atoms with van der Waals surface area (Å²) in [6, 6.07) is 68.1. The molecule has 1 aliphatic carbocycles. The molecule has 2 unspecified atom stereocenters. The Kier molecular flexibility index (Phi) is 10.5. The van der Waals surface area contributed by atoms with Crippen molar-refractivity contribution in [3.63, 3.8) is 0 Å². The minimum atomic E-state index is -0.202. The van der Waals surface area contributed by atoms with Gasteiger partial charge in [-0.05, 0) is 146 Å². The molecule has 2 aromatic heterocycles. The number of nitrogens with zero attached hydrogens (tertiary/aromatic N) is 3. The van der Waals surface area contributed by atoms with Gasteiger partial charge in [0.25, 0.3) is 6.71 Å². The monoisotopic (exact) mass is 1060 g/mol. The van der Waals surface area contributed by atoms with E-state index in [1.807, 2.05) is 11.3 Å². The minimum absolute atomic E-state index is 0.0139. The van der Waals surface area contributed by atoms with Crippen molar-refractivity contribution in [1.29, 1.82) is 0 Å². The highest BCUT2D eigenvalue weighted by Crippen LogP contribution is 2.63. The molecule has 4 nitrogen and oxygen atoms in total. The lowest BCUT2D eigenvalue weighted by Crippen LogP contribution is -2.61. The molecule has 9 aromatic carbocycles. The van der Waals surface area contributed by atoms with E-state index in [1.165, 1.54) is 123 Å². The fourth-order valence-electron chi connectivity index (χ4n) is 14.9. The maximum absolute atomic E-state index is 7.13. The summed E-state index contributed by atoms with van der Waals surface area (Å²) < 4.78 is 9.74. The molecule has 1 fully saturated rings. The van der Waals surface area contributed by atoms with Crippen LogP contribution in [-0.2, 0) is 21.7 Å². The topological polar surface area (TPSA) is 22.9 Å². The van der Waals surface area contributed by atoms with Crippen LogP contribution >= 0.6 is 11.3 Å². The molecular formula is C74H70BN3OS. The molecule has 2 atom stereocenters. The molecule has 0 spiro atoms. The third-order valence-electron chi connectivity index (χ3n) is 19.5. The molecule has 15 rings (SSSR count). The van der Waals surface area contributed by atoms with Gasteiger partial charge in [-0.2, -0.15) is 0 Å². The van der Waals surface area contributed by atoms with Crippen LogP contribution in [0.25, 0.3) is 53.2 Å². The van der Waals surface area contributed by atoms with Gasteiger partial charge in [0.05, 0.1) is 16.9 Å². The first-order chi connectivity index (χ1) is 38.3. The van der Waals surface area contributed by atoms with Crippen molar-refractivity contribution < 1.29 is 4.42 Å². The number of anilines is 8. The van der Waals surface area contributed by atoms with E-state index in [4.69, 9.17) is 4.42 Å². The summed E-state index contributed by atoms with van der Waals surface area (Å²) in [5.74, 6) is 0. The first-order valence-corrected chi connectivity index (χ1v) is 30.1. The summed E-state index contributed by atoms with van der Waals surface area (Å²) in [6.07, 6.45) is 4.66. The van der Waals surface area contributed by atoms with Crippen molar-refractivity contribution in [2.24, 2.45) is 0 Å². The molecule has 11 aromatic rings. The molecule has 1 saturated carbocycles. The molecule has 4 aliphatic rings. The molecule has 3 aliphatic heterocycles. The Bertz CT molecular complexity index is 4390. The second kappa shape index (κ2) is 17.0. The number of fused-ring (bicyclic) bond motifs is 13. The Labute approximate surface area is 476 Å². The number of thiophene rings is 1. The molecule has 0 saturated heterocycles. The predicted molar refractivity (Wildman–Crippen MR) is 345 cm³/mol. The van der Waals surface area contributed by atoms with E-state index in [1.54, 1.807) is 0 Å². The number of rotatable bonds is 4. The fraction of sp³-hybridized carbons (Fsp3) is 0.270. The molecule has 0 bridgehead atoms. The number of furan rings is 1. The van der Waals surface area contributed by atoms with Gasteiger partial charge in [0.1, 0.15) is 5.58 Å². The number of benzene rings is 9. The Hall–Kier alpha value is -7.54. The maximum Gasteiger partial charge on any atom is 0.252 e. The van der Waals surface area contributed by atoms with E-state index in [9.17, 15) is 0 Å². The van der Waals surface area contributed by atoms with Gasteiger partial charge in [0.15, 0.2) is 5.58 Å². The Morgan fingerprint density at radius 1 is 0.463 bits per heavy atom. The molecule has 0 radical (unpaired) electrons. The van der Waals surface area contributed by atoms with Gasteiger partial charge in [-0.15, -0.1) is 11.3 Å². The van der Waals surface area contributed by atoms with Crippen LogP contribution in [0.4, 0.5) is 45.5 Å². The molecule has 0 N–H and O–H groups in total. The normalized spacial score (nSPS) is 18.7. The highest BCUT2D eigenvalue weighted by Gasteiger charge is 2.58. The first-order valence-electron chi connectivity index (χ1n) is 29.2. The molecule has 0 amide bonds. The van der Waals surface area contributed by atoms with Crippen LogP contribution in [0.3, 0.4) is 0 Å². The standard InChI is InChI=1S/C74H70BN3OS/c1-70(2,3)46-30-33-58(53(38-46)45-22-13-12-14-23-45)76-62-44-67-54(51-25-16-18-29-66(51)80-67)43-57(62)75-56-40-48(72(7,8)9)32-35-60(56)77(61-27-21-26-52-50-24-15-17-28-65(50)79-69(52)61)64-42-49(41-63(76)68(64)75)78-59-34-31-47(71(4,5)6)39-55(59)73(10)36-19-20-37-74(73,78)11/h12-18,21-35,38-44H,19-20,36-37H2,1-11H3. The summed E-state index contributed by atoms with van der Waals surface area (Å²) in [5, 5.41) is 4.88. The van der Waals surface area contributed by atoms with Gasteiger partial charge in [-0.1, -0.05) is 197 Å². The van der Waals surface area contributed by atoms with Gasteiger partial charge < -0.3 is 19.1 Å². The summed E-state index contributed by atoms with van der Waals surface area (Å²) in [7, 11) is 0. The van der Waals surface area contributed by atoms with Crippen LogP contribution in [0.5, 0.6) is 0 Å². The van der Waals surface area contributed by atoms with Gasteiger partial charge in [0.2, 0.25) is 0 Å². The SMILES string of the molecule is CC(C)(C)c1ccc2c(c1)B1c3cc4c(cc3N(c3ccc(C(C)(C)C)cc3-c3ccccc3)c3cc(N5c6ccc(C(C)(C)C)cc6C6(C)CCCCC56C)cc(c31)N2c1cccc2c1oc1ccccc12)sc1ccccc14. The molecular weight excluding hydrogens is 990 g/mol. The van der Waals surface area contributed by atoms with E-state index in [0.717, 1.165) is 40.5 Å². The summed E-state index contributed by atoms with van der Waals surface area (Å²) >= 11 is 1.91. The summed E-state index contributed by atoms with van der Waals surface area (Å²) in [6.45, 7) is 26.3. The number of hydrogen-bond acceptors (Lipinski definition) is 5. The van der Waals surface area contributed by atoms with Crippen molar-refractivity contribution in [3.8, 4) is 11.1 Å². The van der Waals surface area contributed by atoms with Crippen LogP contribution < -0.4 is 31.1 Å². The first kappa shape index (κ1) is 49.5. The highest BCUT2D eigenvalue weighted by atomic mass is 32.1. The zero-order valence-corrected chi connectivity index (χ0v) is 49.1. The van der Waals surface area contributed by atoms with Crippen LogP contribution in [0.1, 0.15) is 124 Å². The minimum Gasteiger partial charge on any atom is -0.454 e. The van der Waals surface area contributed by atoms with Crippen molar-refractivity contribution in [2.45, 2.75) is 129 Å². The number of hydrogen-bond donors (Lipinski definition) is 0. The third-order valence-corrected chi connectivity index (χ3v) is 20.6. The van der Waals surface area contributed by atoms with Crippen LogP contribution in [0.2, 0.25) is 0 Å². The van der Waals surface area contributed by atoms with E-state index >= 15 is 0 Å². The second-order valence-electron chi connectivity index (χ2n) is 27.3. The van der Waals surface area contributed by atoms with E-state index in [0.29, 0.717) is 0 Å². The number of para-hydroxylation sites is 2. The predicted octanol–water partition coefficient (Wildman–Crippen LogP) is 19.3. The lowest BCUT2D eigenvalue weighted by molar-refractivity contribution is 0.195.